The summed E-state index contributed by atoms with van der Waals surface area (Å²) >= 11 is 3.44. The summed E-state index contributed by atoms with van der Waals surface area (Å²) in [5, 5.41) is 4.46. The minimum Gasteiger partial charge on any atom is -0.452 e. The molecule has 0 aliphatic rings. The number of halogens is 1. The molecule has 3 aromatic rings. The minimum atomic E-state index is -0.715. The van der Waals surface area contributed by atoms with Crippen molar-refractivity contribution in [2.75, 3.05) is 11.9 Å². The van der Waals surface area contributed by atoms with E-state index in [4.69, 9.17) is 4.74 Å². The minimum absolute atomic E-state index is 0.137. The third kappa shape index (κ3) is 5.01. The van der Waals surface area contributed by atoms with Crippen LogP contribution in [0.25, 0.3) is 0 Å². The zero-order valence-corrected chi connectivity index (χ0v) is 17.0. The topological polar surface area (TPSA) is 72.5 Å². The number of ether oxygens (including phenoxy) is 1. The Morgan fingerprint density at radius 1 is 0.963 bits per heavy atom. The average Bonchev–Trinajstić information content (AvgIpc) is 3.20. The van der Waals surface area contributed by atoms with Gasteiger partial charge in [-0.15, -0.1) is 11.3 Å². The van der Waals surface area contributed by atoms with Gasteiger partial charge in [-0.1, -0.05) is 30.3 Å². The molecule has 1 N–H and O–H groups in total. The van der Waals surface area contributed by atoms with Crippen LogP contribution in [0.4, 0.5) is 5.69 Å². The van der Waals surface area contributed by atoms with Crippen LogP contribution < -0.4 is 5.32 Å². The van der Waals surface area contributed by atoms with Gasteiger partial charge < -0.3 is 10.1 Å². The lowest BCUT2D eigenvalue weighted by Gasteiger charge is -2.09. The highest BCUT2D eigenvalue weighted by molar-refractivity contribution is 14.1. The van der Waals surface area contributed by atoms with E-state index in [0.29, 0.717) is 10.6 Å². The number of carbonyl (C=O) groups is 3. The fraction of sp³-hybridized carbons (Fsp3) is 0.0500. The normalized spacial score (nSPS) is 10.3. The van der Waals surface area contributed by atoms with Crippen molar-refractivity contribution in [2.24, 2.45) is 0 Å². The van der Waals surface area contributed by atoms with Gasteiger partial charge in [-0.05, 0) is 58.3 Å². The predicted octanol–water partition coefficient (Wildman–Crippen LogP) is 4.38. The molecule has 0 aliphatic heterocycles. The van der Waals surface area contributed by atoms with Gasteiger partial charge in [0, 0.05) is 14.8 Å². The number of esters is 1. The second kappa shape index (κ2) is 8.92. The lowest BCUT2D eigenvalue weighted by molar-refractivity contribution is -0.119. The van der Waals surface area contributed by atoms with Gasteiger partial charge in [-0.25, -0.2) is 4.79 Å². The fourth-order valence-corrected chi connectivity index (χ4v) is 3.59. The highest BCUT2D eigenvalue weighted by Gasteiger charge is 2.20. The third-order valence-corrected chi connectivity index (χ3v) is 5.12. The SMILES string of the molecule is O=C(COC(=O)c1ccccc1C(=O)c1cccs1)Nc1cccc(I)c1. The molecule has 0 saturated carbocycles. The maximum Gasteiger partial charge on any atom is 0.339 e. The number of nitrogens with one attached hydrogen (secondary N) is 1. The Balaban J connectivity index is 1.66. The van der Waals surface area contributed by atoms with Crippen molar-refractivity contribution in [2.45, 2.75) is 0 Å². The number of anilines is 1. The molecule has 0 spiro atoms. The smallest absolute Gasteiger partial charge is 0.339 e. The summed E-state index contributed by atoms with van der Waals surface area (Å²) in [6.45, 7) is -0.439. The van der Waals surface area contributed by atoms with Crippen molar-refractivity contribution in [1.29, 1.82) is 0 Å². The lowest BCUT2D eigenvalue weighted by Crippen LogP contribution is -2.22. The molecule has 0 radical (unpaired) electrons. The molecule has 1 amide bonds. The number of hydrogen-bond acceptors (Lipinski definition) is 5. The standard InChI is InChI=1S/C20H14INO4S/c21-13-5-3-6-14(11-13)22-18(23)12-26-20(25)16-8-2-1-7-15(16)19(24)17-9-4-10-27-17/h1-11H,12H2,(H,22,23). The van der Waals surface area contributed by atoms with Crippen LogP contribution >= 0.6 is 33.9 Å². The van der Waals surface area contributed by atoms with E-state index in [-0.39, 0.29) is 16.9 Å². The van der Waals surface area contributed by atoms with E-state index < -0.39 is 18.5 Å². The summed E-state index contributed by atoms with van der Waals surface area (Å²) in [6, 6.07) is 17.2. The summed E-state index contributed by atoms with van der Waals surface area (Å²) in [5.74, 6) is -1.42. The first-order valence-corrected chi connectivity index (χ1v) is 9.90. The van der Waals surface area contributed by atoms with Gasteiger partial charge in [-0.2, -0.15) is 0 Å². The molecule has 1 aromatic heterocycles. The van der Waals surface area contributed by atoms with Crippen molar-refractivity contribution in [3.05, 3.63) is 85.6 Å². The molecule has 1 heterocycles. The second-order valence-corrected chi connectivity index (χ2v) is 7.68. The van der Waals surface area contributed by atoms with Gasteiger partial charge in [0.1, 0.15) is 0 Å². The molecule has 0 bridgehead atoms. The second-order valence-electron chi connectivity index (χ2n) is 5.49. The first-order chi connectivity index (χ1) is 13.0. The average molecular weight is 491 g/mol. The largest absolute Gasteiger partial charge is 0.452 e. The molecule has 27 heavy (non-hydrogen) atoms. The summed E-state index contributed by atoms with van der Waals surface area (Å²) in [6.07, 6.45) is 0. The third-order valence-electron chi connectivity index (χ3n) is 3.58. The number of rotatable bonds is 6. The van der Waals surface area contributed by atoms with Crippen LogP contribution in [0.3, 0.4) is 0 Å². The Bertz CT molecular complexity index is 985. The maximum absolute atomic E-state index is 12.6. The van der Waals surface area contributed by atoms with Gasteiger partial charge in [0.25, 0.3) is 5.91 Å². The molecule has 7 heteroatoms. The Labute approximate surface area is 173 Å². The van der Waals surface area contributed by atoms with E-state index in [2.05, 4.69) is 27.9 Å². The van der Waals surface area contributed by atoms with Crippen LogP contribution in [0.1, 0.15) is 25.6 Å². The maximum atomic E-state index is 12.6. The molecule has 2 aromatic carbocycles. The number of benzene rings is 2. The quantitative estimate of drug-likeness (QED) is 0.316. The summed E-state index contributed by atoms with van der Waals surface area (Å²) in [4.78, 5) is 37.5. The number of hydrogen-bond donors (Lipinski definition) is 1. The van der Waals surface area contributed by atoms with E-state index in [0.717, 1.165) is 3.57 Å². The van der Waals surface area contributed by atoms with Crippen LogP contribution in [0.15, 0.2) is 66.0 Å². The highest BCUT2D eigenvalue weighted by atomic mass is 127. The first-order valence-electron chi connectivity index (χ1n) is 7.94. The van der Waals surface area contributed by atoms with Gasteiger partial charge in [0.15, 0.2) is 6.61 Å². The van der Waals surface area contributed by atoms with Gasteiger partial charge in [-0.3, -0.25) is 9.59 Å². The first kappa shape index (κ1) is 19.2. The number of amides is 1. The summed E-state index contributed by atoms with van der Waals surface area (Å²) in [7, 11) is 0. The van der Waals surface area contributed by atoms with Crippen molar-refractivity contribution in [3.8, 4) is 0 Å². The van der Waals surface area contributed by atoms with Gasteiger partial charge >= 0.3 is 5.97 Å². The van der Waals surface area contributed by atoms with E-state index in [1.54, 1.807) is 47.8 Å². The molecule has 5 nitrogen and oxygen atoms in total. The van der Waals surface area contributed by atoms with Gasteiger partial charge in [0.2, 0.25) is 5.78 Å². The highest BCUT2D eigenvalue weighted by Crippen LogP contribution is 2.19. The number of ketones is 1. The molecule has 0 fully saturated rings. The molecular formula is C20H14INO4S. The monoisotopic (exact) mass is 491 g/mol. The molecule has 0 saturated heterocycles. The van der Waals surface area contributed by atoms with Crippen LogP contribution in [0, 0.1) is 3.57 Å². The molecule has 0 aliphatic carbocycles. The summed E-state index contributed by atoms with van der Waals surface area (Å²) < 4.78 is 6.07. The van der Waals surface area contributed by atoms with E-state index in [1.807, 2.05) is 12.1 Å². The van der Waals surface area contributed by atoms with Crippen LogP contribution in [0.2, 0.25) is 0 Å². The molecule has 136 valence electrons. The molecule has 0 atom stereocenters. The van der Waals surface area contributed by atoms with Crippen molar-refractivity contribution in [3.63, 3.8) is 0 Å². The summed E-state index contributed by atoms with van der Waals surface area (Å²) in [5.41, 5.74) is 1.01. The number of carbonyl (C=O) groups excluding carboxylic acids is 3. The van der Waals surface area contributed by atoms with Gasteiger partial charge in [0.05, 0.1) is 10.4 Å². The van der Waals surface area contributed by atoms with Crippen LogP contribution in [-0.2, 0) is 9.53 Å². The zero-order valence-electron chi connectivity index (χ0n) is 14.0. The Kier molecular flexibility index (Phi) is 6.36. The molecule has 3 rings (SSSR count). The van der Waals surface area contributed by atoms with E-state index >= 15 is 0 Å². The lowest BCUT2D eigenvalue weighted by atomic mass is 10.0. The van der Waals surface area contributed by atoms with E-state index in [9.17, 15) is 14.4 Å². The van der Waals surface area contributed by atoms with Crippen LogP contribution in [0.5, 0.6) is 0 Å². The Hall–Kier alpha value is -2.52. The van der Waals surface area contributed by atoms with Crippen molar-refractivity contribution >= 4 is 57.3 Å². The van der Waals surface area contributed by atoms with E-state index in [1.165, 1.54) is 17.4 Å². The van der Waals surface area contributed by atoms with Crippen molar-refractivity contribution < 1.29 is 19.1 Å². The predicted molar refractivity (Wildman–Crippen MR) is 112 cm³/mol. The Morgan fingerprint density at radius 3 is 2.44 bits per heavy atom. The Morgan fingerprint density at radius 2 is 1.74 bits per heavy atom. The molecule has 0 unspecified atom stereocenters. The van der Waals surface area contributed by atoms with Crippen molar-refractivity contribution in [1.82, 2.24) is 0 Å². The molecular weight excluding hydrogens is 477 g/mol. The zero-order chi connectivity index (χ0) is 19.2. The number of thiophene rings is 1. The van der Waals surface area contributed by atoms with Crippen LogP contribution in [-0.4, -0.2) is 24.3 Å². The fourth-order valence-electron chi connectivity index (χ4n) is 2.37.